The van der Waals surface area contributed by atoms with E-state index in [2.05, 4.69) is 6.92 Å². The Kier molecular flexibility index (Phi) is 6.13. The molecule has 3 aromatic rings. The lowest BCUT2D eigenvalue weighted by molar-refractivity contribution is 0.102. The minimum absolute atomic E-state index is 0.0181. The monoisotopic (exact) mass is 442 g/mol. The maximum atomic E-state index is 13.2. The molecule has 0 radical (unpaired) electrons. The molecular formula is C22H19ClN2O2S2. The molecule has 0 unspecified atom stereocenters. The topological polar surface area (TPSA) is 52.0 Å². The van der Waals surface area contributed by atoms with Crippen molar-refractivity contribution in [2.24, 2.45) is 0 Å². The van der Waals surface area contributed by atoms with Crippen LogP contribution in [-0.2, 0) is 13.0 Å². The fourth-order valence-corrected chi connectivity index (χ4v) is 5.35. The summed E-state index contributed by atoms with van der Waals surface area (Å²) in [6.45, 7) is 2.54. The highest BCUT2D eigenvalue weighted by molar-refractivity contribution is 8.00. The van der Waals surface area contributed by atoms with Gasteiger partial charge < -0.3 is 0 Å². The smallest absolute Gasteiger partial charge is 0.268 e. The molecule has 0 aliphatic carbocycles. The molecule has 2 heterocycles. The van der Waals surface area contributed by atoms with Crippen molar-refractivity contribution in [1.29, 1.82) is 0 Å². The molecule has 0 N–H and O–H groups in total. The molecule has 0 spiro atoms. The van der Waals surface area contributed by atoms with Crippen molar-refractivity contribution in [2.45, 2.75) is 35.2 Å². The first-order valence-corrected chi connectivity index (χ1v) is 11.5. The maximum absolute atomic E-state index is 13.2. The number of hydrogen-bond donors (Lipinski definition) is 0. The molecule has 0 amide bonds. The van der Waals surface area contributed by atoms with Crippen LogP contribution in [0.4, 0.5) is 0 Å². The first-order valence-electron chi connectivity index (χ1n) is 9.27. The van der Waals surface area contributed by atoms with Gasteiger partial charge in [-0.05, 0) is 29.8 Å². The summed E-state index contributed by atoms with van der Waals surface area (Å²) in [5, 5.41) is 1.53. The number of carbonyl (C=O) groups excluding carboxylic acids is 1. The molecule has 1 aliphatic heterocycles. The first-order chi connectivity index (χ1) is 14.0. The van der Waals surface area contributed by atoms with E-state index in [0.717, 1.165) is 22.6 Å². The fourth-order valence-electron chi connectivity index (χ4n) is 3.20. The standard InChI is InChI=1S/C22H19ClN2O2S2/c1-14-11-18-20(29-14)21(27)25(12-15-5-3-2-4-6-15)22(24-18)28-13-19(26)16-7-9-17(23)10-8-16/h2-10,14H,11-13H2,1H3/t14-/m0/s1. The van der Waals surface area contributed by atoms with Crippen molar-refractivity contribution < 1.29 is 4.79 Å². The lowest BCUT2D eigenvalue weighted by Crippen LogP contribution is -2.26. The number of carbonyl (C=O) groups is 1. The highest BCUT2D eigenvalue weighted by atomic mass is 35.5. The van der Waals surface area contributed by atoms with Gasteiger partial charge in [0.05, 0.1) is 22.9 Å². The second-order valence-corrected chi connectivity index (χ2v) is 9.73. The van der Waals surface area contributed by atoms with Crippen LogP contribution in [0.15, 0.2) is 69.4 Å². The van der Waals surface area contributed by atoms with Crippen molar-refractivity contribution >= 4 is 40.9 Å². The van der Waals surface area contributed by atoms with E-state index < -0.39 is 0 Å². The van der Waals surface area contributed by atoms with Gasteiger partial charge in [-0.1, -0.05) is 60.6 Å². The molecular weight excluding hydrogens is 424 g/mol. The zero-order chi connectivity index (χ0) is 20.4. The minimum atomic E-state index is -0.0188. The number of thioether (sulfide) groups is 2. The van der Waals surface area contributed by atoms with Crippen molar-refractivity contribution in [3.8, 4) is 0 Å². The van der Waals surface area contributed by atoms with Gasteiger partial charge in [-0.2, -0.15) is 0 Å². The molecule has 0 saturated heterocycles. The molecule has 1 aromatic heterocycles. The number of benzene rings is 2. The summed E-state index contributed by atoms with van der Waals surface area (Å²) in [7, 11) is 0. The van der Waals surface area contributed by atoms with E-state index in [9.17, 15) is 9.59 Å². The molecule has 4 rings (SSSR count). The summed E-state index contributed by atoms with van der Waals surface area (Å²) >= 11 is 8.81. The van der Waals surface area contributed by atoms with E-state index in [-0.39, 0.29) is 17.1 Å². The quantitative estimate of drug-likeness (QED) is 0.307. The lowest BCUT2D eigenvalue weighted by Gasteiger charge is -2.13. The van der Waals surface area contributed by atoms with Crippen LogP contribution >= 0.6 is 35.1 Å². The Hall–Kier alpha value is -2.02. The van der Waals surface area contributed by atoms with Crippen LogP contribution < -0.4 is 5.56 Å². The maximum Gasteiger partial charge on any atom is 0.268 e. The van der Waals surface area contributed by atoms with Crippen LogP contribution in [0.25, 0.3) is 0 Å². The highest BCUT2D eigenvalue weighted by Gasteiger charge is 2.26. The van der Waals surface area contributed by atoms with Crippen LogP contribution in [0.5, 0.6) is 0 Å². The summed E-state index contributed by atoms with van der Waals surface area (Å²) in [6.07, 6.45) is 0.778. The van der Waals surface area contributed by atoms with Gasteiger partial charge in [-0.3, -0.25) is 14.2 Å². The predicted octanol–water partition coefficient (Wildman–Crippen LogP) is 4.96. The van der Waals surface area contributed by atoms with Gasteiger partial charge in [0.2, 0.25) is 0 Å². The second-order valence-electron chi connectivity index (χ2n) is 6.90. The number of rotatable bonds is 6. The molecule has 1 atom stereocenters. The lowest BCUT2D eigenvalue weighted by atomic mass is 10.1. The van der Waals surface area contributed by atoms with E-state index in [4.69, 9.17) is 16.6 Å². The molecule has 7 heteroatoms. The SMILES string of the molecule is C[C@H]1Cc2nc(SCC(=O)c3ccc(Cl)cc3)n(Cc3ccccc3)c(=O)c2S1. The third kappa shape index (κ3) is 4.60. The Morgan fingerprint density at radius 2 is 1.93 bits per heavy atom. The minimum Gasteiger partial charge on any atom is -0.293 e. The number of Topliss-reactive ketones (excluding diaryl/α,β-unsaturated/α-hetero) is 1. The van der Waals surface area contributed by atoms with Gasteiger partial charge in [0, 0.05) is 22.3 Å². The molecule has 0 fully saturated rings. The van der Waals surface area contributed by atoms with Gasteiger partial charge in [0.1, 0.15) is 0 Å². The molecule has 0 saturated carbocycles. The molecule has 4 nitrogen and oxygen atoms in total. The number of ketones is 1. The van der Waals surface area contributed by atoms with Crippen LogP contribution in [0, 0.1) is 0 Å². The predicted molar refractivity (Wildman–Crippen MR) is 120 cm³/mol. The van der Waals surface area contributed by atoms with E-state index in [1.54, 1.807) is 40.6 Å². The van der Waals surface area contributed by atoms with Gasteiger partial charge >= 0.3 is 0 Å². The third-order valence-corrected chi connectivity index (χ3v) is 7.09. The first kappa shape index (κ1) is 20.3. The van der Waals surface area contributed by atoms with Crippen molar-refractivity contribution in [3.63, 3.8) is 0 Å². The van der Waals surface area contributed by atoms with E-state index in [1.165, 1.54) is 11.8 Å². The Morgan fingerprint density at radius 1 is 1.21 bits per heavy atom. The molecule has 0 bridgehead atoms. The van der Waals surface area contributed by atoms with Crippen LogP contribution in [0.3, 0.4) is 0 Å². The molecule has 29 heavy (non-hydrogen) atoms. The Bertz CT molecular complexity index is 1100. The van der Waals surface area contributed by atoms with E-state index in [1.807, 2.05) is 30.3 Å². The average Bonchev–Trinajstić information content (AvgIpc) is 3.10. The number of fused-ring (bicyclic) bond motifs is 1. The second kappa shape index (κ2) is 8.78. The number of nitrogens with zero attached hydrogens (tertiary/aromatic N) is 2. The molecule has 1 aliphatic rings. The zero-order valence-electron chi connectivity index (χ0n) is 15.8. The largest absolute Gasteiger partial charge is 0.293 e. The Morgan fingerprint density at radius 3 is 2.66 bits per heavy atom. The van der Waals surface area contributed by atoms with Crippen molar-refractivity contribution in [3.05, 3.63) is 86.8 Å². The molecule has 148 valence electrons. The van der Waals surface area contributed by atoms with Crippen LogP contribution in [-0.4, -0.2) is 26.3 Å². The van der Waals surface area contributed by atoms with Crippen molar-refractivity contribution in [2.75, 3.05) is 5.75 Å². The van der Waals surface area contributed by atoms with Crippen LogP contribution in [0.2, 0.25) is 5.02 Å². The Labute approximate surface area is 182 Å². The van der Waals surface area contributed by atoms with Crippen molar-refractivity contribution in [1.82, 2.24) is 9.55 Å². The normalized spacial score (nSPS) is 15.3. The summed E-state index contributed by atoms with van der Waals surface area (Å²) in [4.78, 5) is 31.3. The summed E-state index contributed by atoms with van der Waals surface area (Å²) in [5.74, 6) is 0.195. The van der Waals surface area contributed by atoms with Gasteiger partial charge in [0.15, 0.2) is 10.9 Å². The Balaban J connectivity index is 1.63. The summed E-state index contributed by atoms with van der Waals surface area (Å²) in [5.41, 5.74) is 2.45. The number of hydrogen-bond acceptors (Lipinski definition) is 5. The number of halogens is 1. The summed E-state index contributed by atoms with van der Waals surface area (Å²) < 4.78 is 1.69. The zero-order valence-corrected chi connectivity index (χ0v) is 18.2. The van der Waals surface area contributed by atoms with Crippen LogP contribution in [0.1, 0.15) is 28.5 Å². The third-order valence-electron chi connectivity index (χ3n) is 4.64. The van der Waals surface area contributed by atoms with E-state index >= 15 is 0 Å². The number of aromatic nitrogens is 2. The summed E-state index contributed by atoms with van der Waals surface area (Å²) in [6, 6.07) is 16.7. The average molecular weight is 443 g/mol. The van der Waals surface area contributed by atoms with E-state index in [0.29, 0.717) is 27.5 Å². The van der Waals surface area contributed by atoms with Gasteiger partial charge in [-0.25, -0.2) is 4.98 Å². The molecule has 2 aromatic carbocycles. The van der Waals surface area contributed by atoms with Gasteiger partial charge in [0.25, 0.3) is 5.56 Å². The van der Waals surface area contributed by atoms with Gasteiger partial charge in [-0.15, -0.1) is 11.8 Å². The highest BCUT2D eigenvalue weighted by Crippen LogP contribution is 2.34. The fraction of sp³-hybridized carbons (Fsp3) is 0.227.